The van der Waals surface area contributed by atoms with Crippen molar-refractivity contribution in [3.05, 3.63) is 70.8 Å². The fraction of sp³-hybridized carbons (Fsp3) is 0.350. The number of carbonyl (C=O) groups is 1. The third kappa shape index (κ3) is 1.96. The molecule has 23 heavy (non-hydrogen) atoms. The van der Waals surface area contributed by atoms with Gasteiger partial charge in [-0.1, -0.05) is 59.7 Å². The molecule has 2 aliphatic heterocycles. The maximum absolute atomic E-state index is 11.8. The van der Waals surface area contributed by atoms with E-state index >= 15 is 0 Å². The summed E-state index contributed by atoms with van der Waals surface area (Å²) in [6, 6.07) is 16.7. The summed E-state index contributed by atoms with van der Waals surface area (Å²) in [6.07, 6.45) is 1.16. The van der Waals surface area contributed by atoms with Gasteiger partial charge in [-0.2, -0.15) is 0 Å². The van der Waals surface area contributed by atoms with E-state index in [0.29, 0.717) is 19.4 Å². The molecule has 0 aliphatic carbocycles. The molecule has 2 fully saturated rings. The SMILES string of the molecule is Cc1ccc(C2(c3ccc(C)cc3)OCC23CCC(=O)O3)cc1. The minimum atomic E-state index is -0.694. The van der Waals surface area contributed by atoms with Crippen molar-refractivity contribution in [2.24, 2.45) is 0 Å². The number of ether oxygens (including phenoxy) is 2. The normalized spacial score (nSPS) is 25.2. The Bertz CT molecular complexity index is 700. The van der Waals surface area contributed by atoms with Gasteiger partial charge in [-0.3, -0.25) is 4.79 Å². The Morgan fingerprint density at radius 3 is 1.74 bits per heavy atom. The lowest BCUT2D eigenvalue weighted by molar-refractivity contribution is -0.287. The molecule has 0 saturated carbocycles. The summed E-state index contributed by atoms with van der Waals surface area (Å²) in [4.78, 5) is 11.8. The summed E-state index contributed by atoms with van der Waals surface area (Å²) in [6.45, 7) is 4.59. The van der Waals surface area contributed by atoms with Crippen LogP contribution in [0.4, 0.5) is 0 Å². The average Bonchev–Trinajstić information content (AvgIpc) is 2.95. The van der Waals surface area contributed by atoms with Crippen LogP contribution in [0, 0.1) is 13.8 Å². The Labute approximate surface area is 136 Å². The summed E-state index contributed by atoms with van der Waals surface area (Å²) in [5, 5.41) is 0. The molecule has 1 atom stereocenters. The van der Waals surface area contributed by atoms with Crippen molar-refractivity contribution >= 4 is 5.97 Å². The first-order valence-electron chi connectivity index (χ1n) is 8.06. The van der Waals surface area contributed by atoms with Crippen molar-refractivity contribution in [1.82, 2.24) is 0 Å². The quantitative estimate of drug-likeness (QED) is 0.794. The average molecular weight is 308 g/mol. The Kier molecular flexibility index (Phi) is 3.10. The second kappa shape index (κ2) is 4.93. The molecule has 0 aromatic heterocycles. The van der Waals surface area contributed by atoms with Gasteiger partial charge in [0.1, 0.15) is 0 Å². The summed E-state index contributed by atoms with van der Waals surface area (Å²) >= 11 is 0. The van der Waals surface area contributed by atoms with Gasteiger partial charge < -0.3 is 9.47 Å². The zero-order valence-electron chi connectivity index (χ0n) is 13.5. The summed E-state index contributed by atoms with van der Waals surface area (Å²) < 4.78 is 12.0. The standard InChI is InChI=1S/C20H20O3/c1-14-3-7-16(8-4-14)20(17-9-5-15(2)6-10-17)19(13-22-20)12-11-18(21)23-19/h3-10H,11-13H2,1-2H3. The number of hydrogen-bond acceptors (Lipinski definition) is 3. The van der Waals surface area contributed by atoms with Crippen LogP contribution >= 0.6 is 0 Å². The van der Waals surface area contributed by atoms with Gasteiger partial charge >= 0.3 is 5.97 Å². The highest BCUT2D eigenvalue weighted by molar-refractivity contribution is 5.73. The van der Waals surface area contributed by atoms with Crippen LogP contribution in [0.2, 0.25) is 0 Å². The number of benzene rings is 2. The molecule has 0 amide bonds. The molecule has 1 unspecified atom stereocenters. The Morgan fingerprint density at radius 2 is 1.39 bits per heavy atom. The second-order valence-corrected chi connectivity index (χ2v) is 6.67. The molecular weight excluding hydrogens is 288 g/mol. The Hall–Kier alpha value is -2.13. The van der Waals surface area contributed by atoms with Gasteiger partial charge in [0, 0.05) is 12.8 Å². The third-order valence-corrected chi connectivity index (χ3v) is 5.12. The van der Waals surface area contributed by atoms with Crippen LogP contribution in [-0.4, -0.2) is 18.2 Å². The largest absolute Gasteiger partial charge is 0.453 e. The number of aryl methyl sites for hydroxylation is 2. The fourth-order valence-electron chi connectivity index (χ4n) is 3.79. The monoisotopic (exact) mass is 308 g/mol. The Balaban J connectivity index is 1.89. The molecule has 3 heteroatoms. The predicted molar refractivity (Wildman–Crippen MR) is 87.1 cm³/mol. The van der Waals surface area contributed by atoms with E-state index in [4.69, 9.17) is 9.47 Å². The molecule has 2 heterocycles. The maximum atomic E-state index is 11.8. The number of rotatable bonds is 2. The van der Waals surface area contributed by atoms with Crippen molar-refractivity contribution in [2.45, 2.75) is 37.9 Å². The van der Waals surface area contributed by atoms with E-state index in [9.17, 15) is 4.79 Å². The van der Waals surface area contributed by atoms with Gasteiger partial charge in [-0.25, -0.2) is 0 Å². The highest BCUT2D eigenvalue weighted by Gasteiger charge is 2.67. The van der Waals surface area contributed by atoms with E-state index < -0.39 is 11.2 Å². The minimum absolute atomic E-state index is 0.128. The van der Waals surface area contributed by atoms with Crippen LogP contribution in [0.5, 0.6) is 0 Å². The van der Waals surface area contributed by atoms with Gasteiger partial charge in [0.05, 0.1) is 6.61 Å². The lowest BCUT2D eigenvalue weighted by atomic mass is 9.67. The van der Waals surface area contributed by atoms with Gasteiger partial charge in [-0.15, -0.1) is 0 Å². The van der Waals surface area contributed by atoms with Gasteiger partial charge in [0.2, 0.25) is 0 Å². The first-order chi connectivity index (χ1) is 11.1. The molecular formula is C20H20O3. The van der Waals surface area contributed by atoms with Crippen molar-refractivity contribution in [3.8, 4) is 0 Å². The smallest absolute Gasteiger partial charge is 0.306 e. The zero-order chi connectivity index (χ0) is 16.1. The third-order valence-electron chi connectivity index (χ3n) is 5.12. The lowest BCUT2D eigenvalue weighted by Gasteiger charge is -2.56. The van der Waals surface area contributed by atoms with Crippen molar-refractivity contribution < 1.29 is 14.3 Å². The number of hydrogen-bond donors (Lipinski definition) is 0. The molecule has 2 aromatic rings. The van der Waals surface area contributed by atoms with Crippen molar-refractivity contribution in [3.63, 3.8) is 0 Å². The summed E-state index contributed by atoms with van der Waals surface area (Å²) in [5.74, 6) is -0.128. The molecule has 2 saturated heterocycles. The van der Waals surface area contributed by atoms with Crippen LogP contribution in [0.25, 0.3) is 0 Å². The van der Waals surface area contributed by atoms with E-state index in [1.165, 1.54) is 11.1 Å². The van der Waals surface area contributed by atoms with Crippen LogP contribution in [0.3, 0.4) is 0 Å². The van der Waals surface area contributed by atoms with Crippen molar-refractivity contribution in [1.29, 1.82) is 0 Å². The predicted octanol–water partition coefficient (Wildman–Crippen LogP) is 3.65. The first kappa shape index (κ1) is 14.5. The highest BCUT2D eigenvalue weighted by Crippen LogP contribution is 2.56. The fourth-order valence-corrected chi connectivity index (χ4v) is 3.79. The molecule has 1 spiro atoms. The molecule has 0 bridgehead atoms. The summed E-state index contributed by atoms with van der Waals surface area (Å²) in [5.41, 5.74) is 3.23. The molecule has 2 aromatic carbocycles. The van der Waals surface area contributed by atoms with E-state index in [-0.39, 0.29) is 5.97 Å². The molecule has 0 N–H and O–H groups in total. The van der Waals surface area contributed by atoms with Crippen LogP contribution in [0.15, 0.2) is 48.5 Å². The number of esters is 1. The molecule has 3 nitrogen and oxygen atoms in total. The van der Waals surface area contributed by atoms with Gasteiger partial charge in [0.15, 0.2) is 11.2 Å². The summed E-state index contributed by atoms with van der Waals surface area (Å²) in [7, 11) is 0. The van der Waals surface area contributed by atoms with Crippen LogP contribution < -0.4 is 0 Å². The molecule has 118 valence electrons. The van der Waals surface area contributed by atoms with Gasteiger partial charge in [0.25, 0.3) is 0 Å². The van der Waals surface area contributed by atoms with Crippen LogP contribution in [0.1, 0.15) is 35.1 Å². The number of carbonyl (C=O) groups excluding carboxylic acids is 1. The van der Waals surface area contributed by atoms with Crippen LogP contribution in [-0.2, 0) is 19.9 Å². The minimum Gasteiger partial charge on any atom is -0.453 e. The van der Waals surface area contributed by atoms with E-state index in [0.717, 1.165) is 11.1 Å². The van der Waals surface area contributed by atoms with E-state index in [1.807, 2.05) is 0 Å². The van der Waals surface area contributed by atoms with Gasteiger partial charge in [-0.05, 0) is 25.0 Å². The molecule has 4 rings (SSSR count). The molecule has 2 aliphatic rings. The zero-order valence-corrected chi connectivity index (χ0v) is 13.5. The Morgan fingerprint density at radius 1 is 0.870 bits per heavy atom. The maximum Gasteiger partial charge on any atom is 0.306 e. The van der Waals surface area contributed by atoms with E-state index in [1.54, 1.807) is 0 Å². The topological polar surface area (TPSA) is 35.5 Å². The molecule has 0 radical (unpaired) electrons. The van der Waals surface area contributed by atoms with E-state index in [2.05, 4.69) is 62.4 Å². The lowest BCUT2D eigenvalue weighted by Crippen LogP contribution is -2.66. The first-order valence-corrected chi connectivity index (χ1v) is 8.06. The van der Waals surface area contributed by atoms with Crippen molar-refractivity contribution in [2.75, 3.05) is 6.61 Å². The second-order valence-electron chi connectivity index (χ2n) is 6.67. The highest BCUT2D eigenvalue weighted by atomic mass is 16.6.